The fraction of sp³-hybridized carbons (Fsp3) is 0.100. The van der Waals surface area contributed by atoms with Gasteiger partial charge in [-0.25, -0.2) is 9.67 Å². The average Bonchev–Trinajstić information content (AvgIpc) is 3.41. The molecule has 5 rings (SSSR count). The highest BCUT2D eigenvalue weighted by Crippen LogP contribution is 2.29. The summed E-state index contributed by atoms with van der Waals surface area (Å²) in [4.78, 5) is 7.76. The lowest BCUT2D eigenvalue weighted by atomic mass is 10.1. The highest BCUT2D eigenvalue weighted by molar-refractivity contribution is 5.94. The van der Waals surface area contributed by atoms with Gasteiger partial charge in [-0.05, 0) is 11.6 Å². The van der Waals surface area contributed by atoms with Crippen molar-refractivity contribution in [3.63, 3.8) is 0 Å². The highest BCUT2D eigenvalue weighted by Gasteiger charge is 2.13. The molecule has 0 aliphatic carbocycles. The Morgan fingerprint density at radius 3 is 2.74 bits per heavy atom. The van der Waals surface area contributed by atoms with Gasteiger partial charge < -0.3 is 4.98 Å². The molecule has 4 heterocycles. The fourth-order valence-electron chi connectivity index (χ4n) is 3.21. The molecular formula is C20H17N7. The quantitative estimate of drug-likeness (QED) is 0.537. The minimum Gasteiger partial charge on any atom is -0.345 e. The molecular weight excluding hydrogens is 338 g/mol. The summed E-state index contributed by atoms with van der Waals surface area (Å²) < 4.78 is 3.63. The molecule has 0 aliphatic rings. The third-order valence-electron chi connectivity index (χ3n) is 4.57. The molecule has 0 fully saturated rings. The maximum absolute atomic E-state index is 4.54. The maximum Gasteiger partial charge on any atom is 0.137 e. The van der Waals surface area contributed by atoms with Crippen LogP contribution in [-0.2, 0) is 13.6 Å². The molecule has 7 heteroatoms. The number of pyridine rings is 1. The Hall–Kier alpha value is -3.74. The SMILES string of the molecule is Cn1cc(-c2cnc3[nH]cc(-c4cn(Cc5ccccc5)nn4)c3c2)cn1. The first kappa shape index (κ1) is 15.5. The Morgan fingerprint density at radius 1 is 1.04 bits per heavy atom. The smallest absolute Gasteiger partial charge is 0.137 e. The topological polar surface area (TPSA) is 77.2 Å². The van der Waals surface area contributed by atoms with E-state index in [0.29, 0.717) is 6.54 Å². The van der Waals surface area contributed by atoms with Crippen LogP contribution in [0.3, 0.4) is 0 Å². The summed E-state index contributed by atoms with van der Waals surface area (Å²) >= 11 is 0. The van der Waals surface area contributed by atoms with Crippen molar-refractivity contribution in [2.75, 3.05) is 0 Å². The van der Waals surface area contributed by atoms with Gasteiger partial charge in [-0.3, -0.25) is 4.68 Å². The predicted octanol–water partition coefficient (Wildman–Crippen LogP) is 3.27. The van der Waals surface area contributed by atoms with E-state index in [1.165, 1.54) is 5.56 Å². The van der Waals surface area contributed by atoms with Gasteiger partial charge in [-0.15, -0.1) is 5.10 Å². The van der Waals surface area contributed by atoms with Crippen molar-refractivity contribution in [1.29, 1.82) is 0 Å². The zero-order valence-corrected chi connectivity index (χ0v) is 14.7. The molecule has 5 aromatic rings. The molecule has 0 amide bonds. The third-order valence-corrected chi connectivity index (χ3v) is 4.57. The normalized spacial score (nSPS) is 11.3. The number of fused-ring (bicyclic) bond motifs is 1. The van der Waals surface area contributed by atoms with Gasteiger partial charge in [0.25, 0.3) is 0 Å². The largest absolute Gasteiger partial charge is 0.345 e. The van der Waals surface area contributed by atoms with E-state index < -0.39 is 0 Å². The van der Waals surface area contributed by atoms with E-state index in [1.54, 1.807) is 4.68 Å². The number of hydrogen-bond donors (Lipinski definition) is 1. The lowest BCUT2D eigenvalue weighted by Crippen LogP contribution is -1.99. The Labute approximate surface area is 155 Å². The van der Waals surface area contributed by atoms with Crippen molar-refractivity contribution < 1.29 is 0 Å². The van der Waals surface area contributed by atoms with E-state index in [9.17, 15) is 0 Å². The van der Waals surface area contributed by atoms with E-state index >= 15 is 0 Å². The van der Waals surface area contributed by atoms with E-state index in [4.69, 9.17) is 0 Å². The first-order valence-electron chi connectivity index (χ1n) is 8.67. The molecule has 0 spiro atoms. The number of aromatic amines is 1. The molecule has 4 aromatic heterocycles. The van der Waals surface area contributed by atoms with Crippen LogP contribution in [0.2, 0.25) is 0 Å². The maximum atomic E-state index is 4.54. The van der Waals surface area contributed by atoms with Crippen molar-refractivity contribution in [1.82, 2.24) is 34.7 Å². The minimum absolute atomic E-state index is 0.690. The average molecular weight is 355 g/mol. The molecule has 27 heavy (non-hydrogen) atoms. The molecule has 0 bridgehead atoms. The number of nitrogens with one attached hydrogen (secondary N) is 1. The standard InChI is InChI=1S/C20H17N7/c1-26-12-16(9-23-26)15-7-17-18(10-22-20(17)21-8-15)19-13-27(25-24-19)11-14-5-3-2-4-6-14/h2-10,12-13H,11H2,1H3,(H,21,22). The van der Waals surface area contributed by atoms with E-state index in [2.05, 4.69) is 43.6 Å². The van der Waals surface area contributed by atoms with Crippen LogP contribution in [0.4, 0.5) is 0 Å². The summed E-state index contributed by atoms with van der Waals surface area (Å²) in [5, 5.41) is 13.9. The number of aryl methyl sites for hydroxylation is 1. The molecule has 1 N–H and O–H groups in total. The molecule has 7 nitrogen and oxygen atoms in total. The summed E-state index contributed by atoms with van der Waals surface area (Å²) in [7, 11) is 1.90. The Kier molecular flexibility index (Phi) is 3.57. The number of rotatable bonds is 4. The van der Waals surface area contributed by atoms with Crippen LogP contribution in [-0.4, -0.2) is 34.7 Å². The van der Waals surface area contributed by atoms with Gasteiger partial charge in [0.1, 0.15) is 11.3 Å². The van der Waals surface area contributed by atoms with Crippen molar-refractivity contribution in [2.24, 2.45) is 7.05 Å². The van der Waals surface area contributed by atoms with Gasteiger partial charge in [-0.1, -0.05) is 35.5 Å². The Morgan fingerprint density at radius 2 is 1.93 bits per heavy atom. The summed E-state index contributed by atoms with van der Waals surface area (Å²) in [6, 6.07) is 12.3. The van der Waals surface area contributed by atoms with Gasteiger partial charge >= 0.3 is 0 Å². The van der Waals surface area contributed by atoms with Gasteiger partial charge in [0.05, 0.1) is 18.9 Å². The number of hydrogen-bond acceptors (Lipinski definition) is 4. The number of nitrogens with zero attached hydrogens (tertiary/aromatic N) is 6. The van der Waals surface area contributed by atoms with Crippen LogP contribution in [0.5, 0.6) is 0 Å². The summed E-state index contributed by atoms with van der Waals surface area (Å²) in [5.41, 5.74) is 5.88. The van der Waals surface area contributed by atoms with Gasteiger partial charge in [-0.2, -0.15) is 5.10 Å². The Balaban J connectivity index is 1.51. The second-order valence-corrected chi connectivity index (χ2v) is 6.51. The molecule has 1 aromatic carbocycles. The summed E-state index contributed by atoms with van der Waals surface area (Å²) in [5.74, 6) is 0. The van der Waals surface area contributed by atoms with Gasteiger partial charge in [0.2, 0.25) is 0 Å². The zero-order chi connectivity index (χ0) is 18.2. The zero-order valence-electron chi connectivity index (χ0n) is 14.7. The molecule has 0 saturated heterocycles. The number of H-pyrrole nitrogens is 1. The molecule has 0 radical (unpaired) electrons. The van der Waals surface area contributed by atoms with Gasteiger partial charge in [0.15, 0.2) is 0 Å². The fourth-order valence-corrected chi connectivity index (χ4v) is 3.21. The number of aromatic nitrogens is 7. The predicted molar refractivity (Wildman–Crippen MR) is 103 cm³/mol. The van der Waals surface area contributed by atoms with Crippen LogP contribution >= 0.6 is 0 Å². The van der Waals surface area contributed by atoms with Crippen LogP contribution < -0.4 is 0 Å². The lowest BCUT2D eigenvalue weighted by Gasteiger charge is -2.00. The second kappa shape index (κ2) is 6.21. The van der Waals surface area contributed by atoms with Crippen LogP contribution in [0, 0.1) is 0 Å². The second-order valence-electron chi connectivity index (χ2n) is 6.51. The monoisotopic (exact) mass is 355 g/mol. The highest BCUT2D eigenvalue weighted by atomic mass is 15.4. The molecule has 132 valence electrons. The first-order valence-corrected chi connectivity index (χ1v) is 8.67. The van der Waals surface area contributed by atoms with Crippen molar-refractivity contribution in [2.45, 2.75) is 6.54 Å². The molecule has 0 atom stereocenters. The van der Waals surface area contributed by atoms with Crippen molar-refractivity contribution >= 4 is 11.0 Å². The molecule has 0 unspecified atom stereocenters. The Bertz CT molecular complexity index is 1210. The third kappa shape index (κ3) is 2.89. The molecule has 0 saturated carbocycles. The first-order chi connectivity index (χ1) is 13.3. The van der Waals surface area contributed by atoms with Crippen molar-refractivity contribution in [3.8, 4) is 22.4 Å². The lowest BCUT2D eigenvalue weighted by molar-refractivity contribution is 0.650. The van der Waals surface area contributed by atoms with Crippen LogP contribution in [0.1, 0.15) is 5.56 Å². The van der Waals surface area contributed by atoms with Crippen LogP contribution in [0.25, 0.3) is 33.4 Å². The van der Waals surface area contributed by atoms with E-state index in [1.807, 2.05) is 60.9 Å². The van der Waals surface area contributed by atoms with Gasteiger partial charge in [0, 0.05) is 47.7 Å². The summed E-state index contributed by atoms with van der Waals surface area (Å²) in [6.07, 6.45) is 9.57. The van der Waals surface area contributed by atoms with E-state index in [-0.39, 0.29) is 0 Å². The number of benzene rings is 1. The minimum atomic E-state index is 0.690. The molecule has 0 aliphatic heterocycles. The van der Waals surface area contributed by atoms with Crippen molar-refractivity contribution in [3.05, 3.63) is 72.9 Å². The van der Waals surface area contributed by atoms with Crippen LogP contribution in [0.15, 0.2) is 67.4 Å². The van der Waals surface area contributed by atoms with E-state index in [0.717, 1.165) is 33.4 Å². The summed E-state index contributed by atoms with van der Waals surface area (Å²) in [6.45, 7) is 0.690.